The lowest BCUT2D eigenvalue weighted by molar-refractivity contribution is 0.0731. The number of benzene rings is 2. The molecule has 5 rings (SSSR count). The molecule has 0 bridgehead atoms. The van der Waals surface area contributed by atoms with Crippen molar-refractivity contribution >= 4 is 11.1 Å². The minimum Gasteiger partial charge on any atom is -0.486 e. The summed E-state index contributed by atoms with van der Waals surface area (Å²) in [4.78, 5) is 7.42. The Kier molecular flexibility index (Phi) is 8.23. The molecule has 2 heterocycles. The highest BCUT2D eigenvalue weighted by Crippen LogP contribution is 2.48. The lowest BCUT2D eigenvalue weighted by atomic mass is 9.82. The van der Waals surface area contributed by atoms with Crippen molar-refractivity contribution in [2.24, 2.45) is 0 Å². The van der Waals surface area contributed by atoms with Gasteiger partial charge in [0.05, 0.1) is 6.61 Å². The molecular weight excluding hydrogens is 491 g/mol. The Balaban J connectivity index is 1.42. The van der Waals surface area contributed by atoms with E-state index in [4.69, 9.17) is 18.9 Å². The summed E-state index contributed by atoms with van der Waals surface area (Å²) in [6.45, 7) is 15.5. The number of aryl methyl sites for hydroxylation is 2. The predicted molar refractivity (Wildman–Crippen MR) is 155 cm³/mol. The second kappa shape index (κ2) is 11.5. The van der Waals surface area contributed by atoms with Crippen LogP contribution < -0.4 is 9.47 Å². The molecule has 1 atom stereocenters. The molecule has 1 saturated carbocycles. The molecule has 5 nitrogen and oxygen atoms in total. The molecule has 1 saturated heterocycles. The third-order valence-corrected chi connectivity index (χ3v) is 8.69. The van der Waals surface area contributed by atoms with Gasteiger partial charge in [0.15, 0.2) is 11.6 Å². The van der Waals surface area contributed by atoms with Crippen molar-refractivity contribution < 1.29 is 18.3 Å². The Morgan fingerprint density at radius 2 is 1.69 bits per heavy atom. The van der Waals surface area contributed by atoms with Gasteiger partial charge in [-0.3, -0.25) is 0 Å². The first-order chi connectivity index (χ1) is 18.6. The second-order valence-electron chi connectivity index (χ2n) is 12.7. The Labute approximate surface area is 233 Å². The number of nitrogens with zero attached hydrogens (tertiary/aromatic N) is 2. The zero-order valence-corrected chi connectivity index (χ0v) is 24.6. The number of likely N-dealkylation sites (tertiary alicyclic amines) is 1. The topological polar surface area (TPSA) is 47.7 Å². The van der Waals surface area contributed by atoms with Crippen LogP contribution in [0.3, 0.4) is 0 Å². The molecule has 1 aromatic heterocycles. The van der Waals surface area contributed by atoms with Gasteiger partial charge in [-0.2, -0.15) is 0 Å². The molecule has 2 aliphatic rings. The molecule has 39 heavy (non-hydrogen) atoms. The Bertz CT molecular complexity index is 1260. The number of ether oxygens (including phenoxy) is 2. The molecule has 212 valence electrons. The molecule has 2 aromatic carbocycles. The van der Waals surface area contributed by atoms with Crippen molar-refractivity contribution in [3.8, 4) is 11.5 Å². The molecule has 0 radical (unpaired) electrons. The summed E-state index contributed by atoms with van der Waals surface area (Å²) in [5.74, 6) is 2.13. The third-order valence-electron chi connectivity index (χ3n) is 8.69. The Morgan fingerprint density at radius 1 is 1.03 bits per heavy atom. The van der Waals surface area contributed by atoms with Gasteiger partial charge in [0, 0.05) is 31.6 Å². The van der Waals surface area contributed by atoms with Crippen molar-refractivity contribution in [3.05, 3.63) is 52.7 Å². The maximum Gasteiger partial charge on any atom is 0.206 e. The summed E-state index contributed by atoms with van der Waals surface area (Å²) in [5.41, 5.74) is 4.70. The van der Waals surface area contributed by atoms with Crippen LogP contribution in [0.1, 0.15) is 101 Å². The number of rotatable bonds is 8. The van der Waals surface area contributed by atoms with Crippen molar-refractivity contribution in [3.63, 3.8) is 0 Å². The van der Waals surface area contributed by atoms with E-state index < -0.39 is 0 Å². The number of aromatic nitrogens is 1. The highest BCUT2D eigenvalue weighted by atomic mass is 19.1. The molecule has 1 unspecified atom stereocenters. The van der Waals surface area contributed by atoms with E-state index in [-0.39, 0.29) is 23.3 Å². The SMILES string of the molecule is Cc1nc2c(C)c(C(C)(C)C)c(OC3CCN(C4CCCC4)CC3)c(OCCC(C)c3ccc(F)cc3)c2o1. The third kappa shape index (κ3) is 6.11. The Morgan fingerprint density at radius 3 is 2.33 bits per heavy atom. The van der Waals surface area contributed by atoms with Crippen LogP contribution in [0.25, 0.3) is 11.1 Å². The quantitative estimate of drug-likeness (QED) is 0.290. The first-order valence-corrected chi connectivity index (χ1v) is 14.8. The zero-order valence-electron chi connectivity index (χ0n) is 24.6. The van der Waals surface area contributed by atoms with Crippen molar-refractivity contribution in [1.29, 1.82) is 0 Å². The molecular formula is C33H45FN2O3. The van der Waals surface area contributed by atoms with Crippen LogP contribution in [0.5, 0.6) is 11.5 Å². The van der Waals surface area contributed by atoms with Gasteiger partial charge >= 0.3 is 0 Å². The van der Waals surface area contributed by atoms with Crippen LogP contribution >= 0.6 is 0 Å². The van der Waals surface area contributed by atoms with Gasteiger partial charge in [-0.25, -0.2) is 9.37 Å². The number of hydrogen-bond donors (Lipinski definition) is 0. The van der Waals surface area contributed by atoms with E-state index in [0.717, 1.165) is 66.4 Å². The van der Waals surface area contributed by atoms with Gasteiger partial charge in [0.25, 0.3) is 0 Å². The van der Waals surface area contributed by atoms with Gasteiger partial charge in [-0.05, 0) is 73.6 Å². The summed E-state index contributed by atoms with van der Waals surface area (Å²) < 4.78 is 33.1. The van der Waals surface area contributed by atoms with Crippen molar-refractivity contribution in [2.75, 3.05) is 19.7 Å². The zero-order chi connectivity index (χ0) is 27.7. The van der Waals surface area contributed by atoms with E-state index in [2.05, 4.69) is 39.5 Å². The fourth-order valence-electron chi connectivity index (χ4n) is 6.58. The van der Waals surface area contributed by atoms with Crippen molar-refractivity contribution in [1.82, 2.24) is 9.88 Å². The van der Waals surface area contributed by atoms with Crippen LogP contribution in [0.2, 0.25) is 0 Å². The van der Waals surface area contributed by atoms with Gasteiger partial charge < -0.3 is 18.8 Å². The average Bonchev–Trinajstić information content (AvgIpc) is 3.56. The smallest absolute Gasteiger partial charge is 0.206 e. The van der Waals surface area contributed by atoms with Crippen LogP contribution in [0.4, 0.5) is 4.39 Å². The predicted octanol–water partition coefficient (Wildman–Crippen LogP) is 8.24. The summed E-state index contributed by atoms with van der Waals surface area (Å²) in [6, 6.07) is 7.51. The lowest BCUT2D eigenvalue weighted by Gasteiger charge is -2.37. The van der Waals surface area contributed by atoms with Crippen LogP contribution in [0.15, 0.2) is 28.7 Å². The van der Waals surface area contributed by atoms with E-state index >= 15 is 0 Å². The van der Waals surface area contributed by atoms with Gasteiger partial charge in [-0.1, -0.05) is 52.7 Å². The standard InChI is InChI=1S/C33H45FN2O3/c1-21(24-11-13-25(34)14-12-24)17-20-37-32-30(39-27-15-18-36(19-16-27)26-9-7-8-10-26)28(33(4,5)6)22(2)29-31(32)38-23(3)35-29/h11-14,21,26-27H,7-10,15-20H2,1-6H3. The maximum absolute atomic E-state index is 13.4. The molecule has 0 amide bonds. The number of piperidine rings is 1. The minimum absolute atomic E-state index is 0.144. The van der Waals surface area contributed by atoms with Crippen molar-refractivity contribution in [2.45, 2.75) is 110 Å². The van der Waals surface area contributed by atoms with E-state index in [1.54, 1.807) is 0 Å². The van der Waals surface area contributed by atoms with Gasteiger partial charge in [0.1, 0.15) is 17.4 Å². The summed E-state index contributed by atoms with van der Waals surface area (Å²) in [7, 11) is 0. The first-order valence-electron chi connectivity index (χ1n) is 14.8. The molecule has 0 N–H and O–H groups in total. The maximum atomic E-state index is 13.4. The molecule has 0 spiro atoms. The Hall–Kier alpha value is -2.60. The normalized spacial score (nSPS) is 18.6. The van der Waals surface area contributed by atoms with Gasteiger partial charge in [-0.15, -0.1) is 0 Å². The number of hydrogen-bond acceptors (Lipinski definition) is 5. The average molecular weight is 537 g/mol. The number of oxazole rings is 1. The fourth-order valence-corrected chi connectivity index (χ4v) is 6.58. The number of halogens is 1. The molecule has 2 fully saturated rings. The van der Waals surface area contributed by atoms with E-state index in [1.165, 1.54) is 37.8 Å². The highest BCUT2D eigenvalue weighted by molar-refractivity contribution is 5.88. The van der Waals surface area contributed by atoms with Crippen LogP contribution in [0, 0.1) is 19.7 Å². The monoisotopic (exact) mass is 536 g/mol. The molecule has 1 aliphatic carbocycles. The van der Waals surface area contributed by atoms with Crippen LogP contribution in [-0.4, -0.2) is 41.7 Å². The van der Waals surface area contributed by atoms with E-state index in [1.807, 2.05) is 19.1 Å². The van der Waals surface area contributed by atoms with Crippen LogP contribution in [-0.2, 0) is 5.41 Å². The minimum atomic E-state index is -0.212. The van der Waals surface area contributed by atoms with E-state index in [9.17, 15) is 4.39 Å². The molecule has 6 heteroatoms. The number of fused-ring (bicyclic) bond motifs is 1. The highest BCUT2D eigenvalue weighted by Gasteiger charge is 2.34. The molecule has 3 aromatic rings. The summed E-state index contributed by atoms with van der Waals surface area (Å²) in [5, 5.41) is 0. The largest absolute Gasteiger partial charge is 0.486 e. The second-order valence-corrected chi connectivity index (χ2v) is 12.7. The fraction of sp³-hybridized carbons (Fsp3) is 0.606. The lowest BCUT2D eigenvalue weighted by Crippen LogP contribution is -2.43. The summed E-state index contributed by atoms with van der Waals surface area (Å²) in [6.07, 6.45) is 8.40. The van der Waals surface area contributed by atoms with Gasteiger partial charge in [0.2, 0.25) is 11.3 Å². The first kappa shape index (κ1) is 27.9. The molecule has 1 aliphatic heterocycles. The van der Waals surface area contributed by atoms with E-state index in [0.29, 0.717) is 23.8 Å². The summed E-state index contributed by atoms with van der Waals surface area (Å²) >= 11 is 0.